The molecular formula is C13H18O3S. The number of benzene rings is 1. The molecule has 0 unspecified atom stereocenters. The van der Waals surface area contributed by atoms with Crippen molar-refractivity contribution in [2.24, 2.45) is 0 Å². The summed E-state index contributed by atoms with van der Waals surface area (Å²) in [7, 11) is -3.14. The van der Waals surface area contributed by atoms with E-state index in [4.69, 9.17) is 5.11 Å². The van der Waals surface area contributed by atoms with Crippen molar-refractivity contribution in [1.82, 2.24) is 0 Å². The van der Waals surface area contributed by atoms with Crippen molar-refractivity contribution < 1.29 is 13.5 Å². The van der Waals surface area contributed by atoms with Crippen LogP contribution in [0.15, 0.2) is 29.2 Å². The summed E-state index contributed by atoms with van der Waals surface area (Å²) in [6.07, 6.45) is 3.83. The van der Waals surface area contributed by atoms with Gasteiger partial charge in [0.15, 0.2) is 9.84 Å². The van der Waals surface area contributed by atoms with Gasteiger partial charge in [-0.2, -0.15) is 0 Å². The van der Waals surface area contributed by atoms with Crippen molar-refractivity contribution in [3.8, 4) is 0 Å². The molecule has 0 radical (unpaired) electrons. The van der Waals surface area contributed by atoms with Gasteiger partial charge in [0.1, 0.15) is 0 Å². The van der Waals surface area contributed by atoms with Crippen LogP contribution in [0.2, 0.25) is 0 Å². The zero-order valence-electron chi connectivity index (χ0n) is 9.80. The standard InChI is InChI=1S/C13H18O3S/c14-10-4-6-11-5-1-2-9-13(11)17(15,16)12-7-3-8-12/h1-2,5,9,12,14H,3-4,6-8,10H2. The van der Waals surface area contributed by atoms with Crippen molar-refractivity contribution in [2.75, 3.05) is 6.61 Å². The Labute approximate surface area is 102 Å². The number of aryl methyl sites for hydroxylation is 1. The van der Waals surface area contributed by atoms with Crippen LogP contribution in [0.5, 0.6) is 0 Å². The Kier molecular flexibility index (Phi) is 3.84. The minimum Gasteiger partial charge on any atom is -0.396 e. The van der Waals surface area contributed by atoms with E-state index in [1.54, 1.807) is 12.1 Å². The molecule has 1 N–H and O–H groups in total. The monoisotopic (exact) mass is 254 g/mol. The van der Waals surface area contributed by atoms with E-state index < -0.39 is 9.84 Å². The van der Waals surface area contributed by atoms with E-state index in [0.717, 1.165) is 24.8 Å². The Bertz CT molecular complexity index is 475. The van der Waals surface area contributed by atoms with E-state index >= 15 is 0 Å². The summed E-state index contributed by atoms with van der Waals surface area (Å²) < 4.78 is 24.7. The minimum atomic E-state index is -3.14. The highest BCUT2D eigenvalue weighted by Gasteiger charge is 2.33. The second kappa shape index (κ2) is 5.19. The molecule has 0 atom stereocenters. The summed E-state index contributed by atoms with van der Waals surface area (Å²) in [5.74, 6) is 0. The first kappa shape index (κ1) is 12.6. The summed E-state index contributed by atoms with van der Waals surface area (Å²) in [5, 5.41) is 8.66. The molecule has 94 valence electrons. The molecule has 0 aromatic heterocycles. The van der Waals surface area contributed by atoms with Gasteiger partial charge in [0, 0.05) is 6.61 Å². The van der Waals surface area contributed by atoms with Crippen LogP contribution in [-0.4, -0.2) is 25.4 Å². The summed E-state index contributed by atoms with van der Waals surface area (Å²) in [6.45, 7) is 0.0951. The van der Waals surface area contributed by atoms with Gasteiger partial charge in [0.25, 0.3) is 0 Å². The normalized spacial score (nSPS) is 16.8. The Morgan fingerprint density at radius 1 is 1.24 bits per heavy atom. The highest BCUT2D eigenvalue weighted by Crippen LogP contribution is 2.32. The predicted octanol–water partition coefficient (Wildman–Crippen LogP) is 1.94. The Morgan fingerprint density at radius 3 is 2.53 bits per heavy atom. The number of aliphatic hydroxyl groups excluding tert-OH is 1. The summed E-state index contributed by atoms with van der Waals surface area (Å²) in [6, 6.07) is 7.17. The van der Waals surface area contributed by atoms with E-state index in [1.165, 1.54) is 0 Å². The van der Waals surface area contributed by atoms with Gasteiger partial charge >= 0.3 is 0 Å². The van der Waals surface area contributed by atoms with Crippen LogP contribution < -0.4 is 0 Å². The fourth-order valence-corrected chi connectivity index (χ4v) is 4.23. The molecule has 1 saturated carbocycles. The maximum Gasteiger partial charge on any atom is 0.181 e. The van der Waals surface area contributed by atoms with E-state index in [0.29, 0.717) is 17.7 Å². The lowest BCUT2D eigenvalue weighted by Crippen LogP contribution is -2.29. The number of hydrogen-bond acceptors (Lipinski definition) is 3. The van der Waals surface area contributed by atoms with E-state index in [1.807, 2.05) is 12.1 Å². The molecule has 0 heterocycles. The van der Waals surface area contributed by atoms with Gasteiger partial charge < -0.3 is 5.11 Å². The first-order valence-corrected chi connectivity index (χ1v) is 7.63. The van der Waals surface area contributed by atoms with E-state index in [9.17, 15) is 8.42 Å². The molecule has 0 amide bonds. The topological polar surface area (TPSA) is 54.4 Å². The molecule has 1 aromatic carbocycles. The lowest BCUT2D eigenvalue weighted by atomic mass is 10.00. The van der Waals surface area contributed by atoms with Gasteiger partial charge in [-0.05, 0) is 37.3 Å². The highest BCUT2D eigenvalue weighted by molar-refractivity contribution is 7.92. The molecule has 2 rings (SSSR count). The second-order valence-corrected chi connectivity index (χ2v) is 6.73. The van der Waals surface area contributed by atoms with Crippen LogP contribution in [0.1, 0.15) is 31.2 Å². The third kappa shape index (κ3) is 2.53. The molecule has 1 fully saturated rings. The summed E-state index contributed by atoms with van der Waals surface area (Å²) in [4.78, 5) is 0.471. The lowest BCUT2D eigenvalue weighted by Gasteiger charge is -2.26. The molecule has 0 spiro atoms. The van der Waals surface area contributed by atoms with Crippen LogP contribution in [0.3, 0.4) is 0 Å². The van der Waals surface area contributed by atoms with Crippen molar-refractivity contribution in [3.63, 3.8) is 0 Å². The number of rotatable bonds is 5. The summed E-state index contributed by atoms with van der Waals surface area (Å²) >= 11 is 0. The van der Waals surface area contributed by atoms with Crippen molar-refractivity contribution >= 4 is 9.84 Å². The van der Waals surface area contributed by atoms with Crippen molar-refractivity contribution in [3.05, 3.63) is 29.8 Å². The zero-order valence-corrected chi connectivity index (χ0v) is 10.6. The molecule has 17 heavy (non-hydrogen) atoms. The first-order valence-electron chi connectivity index (χ1n) is 6.09. The minimum absolute atomic E-state index is 0.0951. The molecule has 0 aliphatic heterocycles. The average molecular weight is 254 g/mol. The first-order chi connectivity index (χ1) is 8.16. The van der Waals surface area contributed by atoms with E-state index in [2.05, 4.69) is 0 Å². The molecule has 1 aromatic rings. The average Bonchev–Trinajstić information content (AvgIpc) is 2.23. The summed E-state index contributed by atoms with van der Waals surface area (Å²) in [5.41, 5.74) is 0.841. The van der Waals surface area contributed by atoms with Crippen LogP contribution in [0.4, 0.5) is 0 Å². The van der Waals surface area contributed by atoms with E-state index in [-0.39, 0.29) is 11.9 Å². The third-order valence-corrected chi connectivity index (χ3v) is 5.73. The molecule has 1 aliphatic carbocycles. The van der Waals surface area contributed by atoms with Gasteiger partial charge in [-0.3, -0.25) is 0 Å². The maximum absolute atomic E-state index is 12.3. The molecule has 3 nitrogen and oxygen atoms in total. The number of sulfone groups is 1. The van der Waals surface area contributed by atoms with Crippen molar-refractivity contribution in [1.29, 1.82) is 0 Å². The number of aliphatic hydroxyl groups is 1. The Morgan fingerprint density at radius 2 is 1.94 bits per heavy atom. The molecular weight excluding hydrogens is 236 g/mol. The fraction of sp³-hybridized carbons (Fsp3) is 0.538. The van der Waals surface area contributed by atoms with Crippen LogP contribution in [0, 0.1) is 0 Å². The van der Waals surface area contributed by atoms with Gasteiger partial charge in [-0.1, -0.05) is 24.6 Å². The highest BCUT2D eigenvalue weighted by atomic mass is 32.2. The molecule has 0 bridgehead atoms. The quantitative estimate of drug-likeness (QED) is 0.873. The van der Waals surface area contributed by atoms with Gasteiger partial charge in [-0.25, -0.2) is 8.42 Å². The molecule has 1 aliphatic rings. The van der Waals surface area contributed by atoms with Gasteiger partial charge in [0.05, 0.1) is 10.1 Å². The number of hydrogen-bond donors (Lipinski definition) is 1. The smallest absolute Gasteiger partial charge is 0.181 e. The lowest BCUT2D eigenvalue weighted by molar-refractivity contribution is 0.288. The molecule has 4 heteroatoms. The Balaban J connectivity index is 2.30. The van der Waals surface area contributed by atoms with Crippen LogP contribution in [-0.2, 0) is 16.3 Å². The third-order valence-electron chi connectivity index (χ3n) is 3.37. The van der Waals surface area contributed by atoms with Crippen LogP contribution >= 0.6 is 0 Å². The predicted molar refractivity (Wildman–Crippen MR) is 66.7 cm³/mol. The fourth-order valence-electron chi connectivity index (χ4n) is 2.12. The largest absolute Gasteiger partial charge is 0.396 e. The zero-order chi connectivity index (χ0) is 12.3. The van der Waals surface area contributed by atoms with Crippen molar-refractivity contribution in [2.45, 2.75) is 42.2 Å². The molecule has 0 saturated heterocycles. The maximum atomic E-state index is 12.3. The SMILES string of the molecule is O=S(=O)(c1ccccc1CCCO)C1CCC1. The Hall–Kier alpha value is -0.870. The van der Waals surface area contributed by atoms with Crippen LogP contribution in [0.25, 0.3) is 0 Å². The van der Waals surface area contributed by atoms with Gasteiger partial charge in [-0.15, -0.1) is 0 Å². The second-order valence-electron chi connectivity index (χ2n) is 4.53. The van der Waals surface area contributed by atoms with Gasteiger partial charge in [0.2, 0.25) is 0 Å².